The molecule has 0 bridgehead atoms. The molecule has 0 amide bonds. The molecule has 2 rings (SSSR count). The highest BCUT2D eigenvalue weighted by molar-refractivity contribution is 6.31. The summed E-state index contributed by atoms with van der Waals surface area (Å²) in [7, 11) is 0. The SMILES string of the molecule is Cc1c(Cl)cccc1NCC1(CC(N)=NO)CC1. The zero-order valence-corrected chi connectivity index (χ0v) is 11.2. The molecule has 4 N–H and O–H groups in total. The summed E-state index contributed by atoms with van der Waals surface area (Å²) in [5.74, 6) is 0.303. The number of anilines is 1. The Morgan fingerprint density at radius 3 is 2.89 bits per heavy atom. The maximum Gasteiger partial charge on any atom is 0.139 e. The third-order valence-electron chi connectivity index (χ3n) is 3.56. The first-order valence-electron chi connectivity index (χ1n) is 6.02. The number of halogens is 1. The van der Waals surface area contributed by atoms with Gasteiger partial charge in [0.05, 0.1) is 0 Å². The minimum absolute atomic E-state index is 0.144. The first-order valence-corrected chi connectivity index (χ1v) is 6.39. The molecule has 1 saturated carbocycles. The van der Waals surface area contributed by atoms with Crippen molar-refractivity contribution in [2.75, 3.05) is 11.9 Å². The van der Waals surface area contributed by atoms with E-state index in [0.29, 0.717) is 12.3 Å². The Balaban J connectivity index is 1.98. The average Bonchev–Trinajstić information content (AvgIpc) is 3.11. The summed E-state index contributed by atoms with van der Waals surface area (Å²) < 4.78 is 0. The third-order valence-corrected chi connectivity index (χ3v) is 3.97. The summed E-state index contributed by atoms with van der Waals surface area (Å²) >= 11 is 6.07. The summed E-state index contributed by atoms with van der Waals surface area (Å²) in [4.78, 5) is 0. The number of nitrogens with two attached hydrogens (primary N) is 1. The smallest absolute Gasteiger partial charge is 0.139 e. The molecular weight excluding hydrogens is 250 g/mol. The van der Waals surface area contributed by atoms with Gasteiger partial charge in [-0.25, -0.2) is 0 Å². The molecule has 0 spiro atoms. The van der Waals surface area contributed by atoms with Crippen LogP contribution in [-0.4, -0.2) is 17.6 Å². The number of hydrogen-bond acceptors (Lipinski definition) is 3. The van der Waals surface area contributed by atoms with Crippen LogP contribution >= 0.6 is 11.6 Å². The fourth-order valence-corrected chi connectivity index (χ4v) is 2.27. The van der Waals surface area contributed by atoms with E-state index in [0.717, 1.165) is 35.7 Å². The standard InChI is InChI=1S/C13H18ClN3O/c1-9-10(14)3-2-4-11(9)16-8-13(5-6-13)7-12(15)17-18/h2-4,16,18H,5-8H2,1H3,(H2,15,17). The summed E-state index contributed by atoms with van der Waals surface area (Å²) in [6, 6.07) is 5.83. The van der Waals surface area contributed by atoms with Gasteiger partial charge in [0.1, 0.15) is 5.84 Å². The van der Waals surface area contributed by atoms with Crippen LogP contribution < -0.4 is 11.1 Å². The Hall–Kier alpha value is -1.42. The number of rotatable bonds is 5. The molecule has 18 heavy (non-hydrogen) atoms. The van der Waals surface area contributed by atoms with E-state index in [-0.39, 0.29) is 5.41 Å². The van der Waals surface area contributed by atoms with Crippen molar-refractivity contribution >= 4 is 23.1 Å². The molecule has 98 valence electrons. The summed E-state index contributed by atoms with van der Waals surface area (Å²) in [6.07, 6.45) is 2.85. The van der Waals surface area contributed by atoms with Crippen LogP contribution in [0.15, 0.2) is 23.4 Å². The van der Waals surface area contributed by atoms with E-state index in [1.54, 1.807) is 0 Å². The topological polar surface area (TPSA) is 70.6 Å². The normalized spacial score (nSPS) is 17.6. The first-order chi connectivity index (χ1) is 8.56. The molecule has 0 atom stereocenters. The van der Waals surface area contributed by atoms with Crippen LogP contribution in [0.1, 0.15) is 24.8 Å². The largest absolute Gasteiger partial charge is 0.409 e. The fourth-order valence-electron chi connectivity index (χ4n) is 2.09. The van der Waals surface area contributed by atoms with Crippen molar-refractivity contribution in [3.8, 4) is 0 Å². The van der Waals surface area contributed by atoms with E-state index < -0.39 is 0 Å². The van der Waals surface area contributed by atoms with Crippen LogP contribution in [0.5, 0.6) is 0 Å². The number of nitrogens with zero attached hydrogens (tertiary/aromatic N) is 1. The first kappa shape index (κ1) is 13.0. The molecule has 1 aromatic rings. The van der Waals surface area contributed by atoms with Crippen molar-refractivity contribution in [2.45, 2.75) is 26.2 Å². The van der Waals surface area contributed by atoms with E-state index in [2.05, 4.69) is 10.5 Å². The molecule has 0 radical (unpaired) electrons. The zero-order valence-electron chi connectivity index (χ0n) is 10.4. The third kappa shape index (κ3) is 2.88. The Labute approximate surface area is 112 Å². The fraction of sp³-hybridized carbons (Fsp3) is 0.462. The van der Waals surface area contributed by atoms with Crippen LogP contribution in [0.25, 0.3) is 0 Å². The molecule has 1 aliphatic rings. The van der Waals surface area contributed by atoms with E-state index >= 15 is 0 Å². The van der Waals surface area contributed by atoms with Crippen molar-refractivity contribution in [2.24, 2.45) is 16.3 Å². The second-order valence-corrected chi connectivity index (χ2v) is 5.44. The number of nitrogens with one attached hydrogen (secondary N) is 1. The second-order valence-electron chi connectivity index (χ2n) is 5.03. The van der Waals surface area contributed by atoms with Gasteiger partial charge in [0, 0.05) is 23.7 Å². The molecular formula is C13H18ClN3O. The lowest BCUT2D eigenvalue weighted by Gasteiger charge is -2.17. The van der Waals surface area contributed by atoms with Gasteiger partial charge in [-0.1, -0.05) is 22.8 Å². The van der Waals surface area contributed by atoms with Gasteiger partial charge in [0.25, 0.3) is 0 Å². The van der Waals surface area contributed by atoms with Gasteiger partial charge in [-0.3, -0.25) is 0 Å². The van der Waals surface area contributed by atoms with Gasteiger partial charge in [0.15, 0.2) is 0 Å². The van der Waals surface area contributed by atoms with Gasteiger partial charge in [-0.2, -0.15) is 0 Å². The number of amidine groups is 1. The van der Waals surface area contributed by atoms with Gasteiger partial charge < -0.3 is 16.3 Å². The molecule has 4 nitrogen and oxygen atoms in total. The zero-order chi connectivity index (χ0) is 13.2. The van der Waals surface area contributed by atoms with Crippen molar-refractivity contribution < 1.29 is 5.21 Å². The van der Waals surface area contributed by atoms with Gasteiger partial charge in [-0.15, -0.1) is 0 Å². The highest BCUT2D eigenvalue weighted by atomic mass is 35.5. The van der Waals surface area contributed by atoms with Crippen molar-refractivity contribution in [3.05, 3.63) is 28.8 Å². The molecule has 0 unspecified atom stereocenters. The minimum Gasteiger partial charge on any atom is -0.409 e. The van der Waals surface area contributed by atoms with Crippen molar-refractivity contribution in [1.29, 1.82) is 0 Å². The van der Waals surface area contributed by atoms with Gasteiger partial charge >= 0.3 is 0 Å². The van der Waals surface area contributed by atoms with Crippen LogP contribution in [0.4, 0.5) is 5.69 Å². The molecule has 0 saturated heterocycles. The second kappa shape index (κ2) is 5.06. The summed E-state index contributed by atoms with van der Waals surface area (Å²) in [6.45, 7) is 2.82. The highest BCUT2D eigenvalue weighted by Gasteiger charge is 2.43. The molecule has 0 heterocycles. The molecule has 0 aliphatic heterocycles. The van der Waals surface area contributed by atoms with Crippen LogP contribution in [-0.2, 0) is 0 Å². The van der Waals surface area contributed by atoms with Gasteiger partial charge in [0.2, 0.25) is 0 Å². The number of oxime groups is 1. The van der Waals surface area contributed by atoms with Crippen LogP contribution in [0.2, 0.25) is 5.02 Å². The van der Waals surface area contributed by atoms with Crippen LogP contribution in [0, 0.1) is 12.3 Å². The monoisotopic (exact) mass is 267 g/mol. The van der Waals surface area contributed by atoms with E-state index in [1.807, 2.05) is 25.1 Å². The summed E-state index contributed by atoms with van der Waals surface area (Å²) in [5, 5.41) is 15.8. The minimum atomic E-state index is 0.144. The highest BCUT2D eigenvalue weighted by Crippen LogP contribution is 2.48. The Morgan fingerprint density at radius 1 is 1.56 bits per heavy atom. The van der Waals surface area contributed by atoms with Crippen molar-refractivity contribution in [1.82, 2.24) is 0 Å². The lowest BCUT2D eigenvalue weighted by molar-refractivity contribution is 0.315. The van der Waals surface area contributed by atoms with Crippen LogP contribution in [0.3, 0.4) is 0 Å². The lowest BCUT2D eigenvalue weighted by Crippen LogP contribution is -2.23. The Morgan fingerprint density at radius 2 is 2.28 bits per heavy atom. The van der Waals surface area contributed by atoms with Gasteiger partial charge in [-0.05, 0) is 42.9 Å². The maximum absolute atomic E-state index is 8.62. The van der Waals surface area contributed by atoms with E-state index in [4.69, 9.17) is 22.5 Å². The maximum atomic E-state index is 8.62. The average molecular weight is 268 g/mol. The van der Waals surface area contributed by atoms with E-state index in [1.165, 1.54) is 0 Å². The molecule has 5 heteroatoms. The van der Waals surface area contributed by atoms with E-state index in [9.17, 15) is 0 Å². The lowest BCUT2D eigenvalue weighted by atomic mass is 10.0. The quantitative estimate of drug-likeness (QED) is 0.332. The number of benzene rings is 1. The molecule has 1 aliphatic carbocycles. The summed E-state index contributed by atoms with van der Waals surface area (Å²) in [5.41, 5.74) is 7.82. The molecule has 1 aromatic carbocycles. The predicted octanol–water partition coefficient (Wildman–Crippen LogP) is 2.98. The predicted molar refractivity (Wildman–Crippen MR) is 74.4 cm³/mol. The molecule has 1 fully saturated rings. The number of hydrogen-bond donors (Lipinski definition) is 3. The van der Waals surface area contributed by atoms with Crippen molar-refractivity contribution in [3.63, 3.8) is 0 Å². The Bertz CT molecular complexity index is 469. The molecule has 0 aromatic heterocycles. The Kier molecular flexibility index (Phi) is 3.66.